The standard InChI is InChI=1S/C19H20N4O2S/c1-19(2,3)18(25)23-16-9-13(12-7-5-4-6-8-12)14(10-20)17(22-16)26-11-15(21)24/h4-9H,11H2,1-3H3,(H2,21,24)(H,22,23,25). The highest BCUT2D eigenvalue weighted by Crippen LogP contribution is 2.33. The van der Waals surface area contributed by atoms with Gasteiger partial charge in [0.1, 0.15) is 16.9 Å². The summed E-state index contributed by atoms with van der Waals surface area (Å²) >= 11 is 1.08. The third kappa shape index (κ3) is 4.83. The molecule has 1 aromatic heterocycles. The first-order chi connectivity index (χ1) is 12.2. The lowest BCUT2D eigenvalue weighted by atomic mass is 9.95. The Labute approximate surface area is 156 Å². The highest BCUT2D eigenvalue weighted by atomic mass is 32.2. The maximum Gasteiger partial charge on any atom is 0.230 e. The number of nitrogens with one attached hydrogen (secondary N) is 1. The van der Waals surface area contributed by atoms with Crippen LogP contribution in [0.5, 0.6) is 0 Å². The second-order valence-corrected chi connectivity index (χ2v) is 7.64. The van der Waals surface area contributed by atoms with Gasteiger partial charge in [0.25, 0.3) is 0 Å². The van der Waals surface area contributed by atoms with Crippen LogP contribution in [0.1, 0.15) is 26.3 Å². The van der Waals surface area contributed by atoms with Crippen LogP contribution in [0.4, 0.5) is 5.82 Å². The molecule has 0 radical (unpaired) electrons. The largest absolute Gasteiger partial charge is 0.369 e. The van der Waals surface area contributed by atoms with Crippen molar-refractivity contribution in [3.05, 3.63) is 42.0 Å². The molecule has 0 spiro atoms. The van der Waals surface area contributed by atoms with Crippen molar-refractivity contribution in [1.29, 1.82) is 5.26 Å². The zero-order chi connectivity index (χ0) is 19.3. The molecule has 0 aliphatic rings. The molecule has 26 heavy (non-hydrogen) atoms. The molecule has 1 aromatic carbocycles. The van der Waals surface area contributed by atoms with Crippen molar-refractivity contribution in [3.8, 4) is 17.2 Å². The summed E-state index contributed by atoms with van der Waals surface area (Å²) in [6.45, 7) is 5.40. The summed E-state index contributed by atoms with van der Waals surface area (Å²) < 4.78 is 0. The van der Waals surface area contributed by atoms with Crippen molar-refractivity contribution in [2.24, 2.45) is 11.1 Å². The first kappa shape index (κ1) is 19.5. The Hall–Kier alpha value is -2.85. The first-order valence-electron chi connectivity index (χ1n) is 7.95. The SMILES string of the molecule is CC(C)(C)C(=O)Nc1cc(-c2ccccc2)c(C#N)c(SCC(N)=O)n1. The number of carbonyl (C=O) groups excluding carboxylic acids is 2. The maximum absolute atomic E-state index is 12.3. The molecule has 0 atom stereocenters. The zero-order valence-corrected chi connectivity index (χ0v) is 15.7. The Kier molecular flexibility index (Phi) is 6.01. The molecule has 0 bridgehead atoms. The number of aromatic nitrogens is 1. The predicted molar refractivity (Wildman–Crippen MR) is 102 cm³/mol. The number of nitrogens with two attached hydrogens (primary N) is 1. The number of thioether (sulfide) groups is 1. The van der Waals surface area contributed by atoms with Gasteiger partial charge in [-0.25, -0.2) is 4.98 Å². The molecule has 1 heterocycles. The lowest BCUT2D eigenvalue weighted by Crippen LogP contribution is -2.28. The van der Waals surface area contributed by atoms with Gasteiger partial charge in [-0.05, 0) is 11.6 Å². The second-order valence-electron chi connectivity index (χ2n) is 6.67. The van der Waals surface area contributed by atoms with Gasteiger partial charge in [-0.1, -0.05) is 62.9 Å². The lowest BCUT2D eigenvalue weighted by Gasteiger charge is -2.18. The number of hydrogen-bond acceptors (Lipinski definition) is 5. The minimum Gasteiger partial charge on any atom is -0.369 e. The van der Waals surface area contributed by atoms with E-state index in [0.717, 1.165) is 17.3 Å². The van der Waals surface area contributed by atoms with Crippen LogP contribution in [0.2, 0.25) is 0 Å². The first-order valence-corrected chi connectivity index (χ1v) is 8.94. The molecule has 2 aromatic rings. The molecular weight excluding hydrogens is 348 g/mol. The van der Waals surface area contributed by atoms with Crippen LogP contribution in [-0.2, 0) is 9.59 Å². The highest BCUT2D eigenvalue weighted by Gasteiger charge is 2.23. The number of nitrogens with zero attached hydrogens (tertiary/aromatic N) is 2. The molecule has 0 aliphatic heterocycles. The van der Waals surface area contributed by atoms with Gasteiger partial charge in [0.15, 0.2) is 0 Å². The summed E-state index contributed by atoms with van der Waals surface area (Å²) in [4.78, 5) is 27.8. The lowest BCUT2D eigenvalue weighted by molar-refractivity contribution is -0.123. The van der Waals surface area contributed by atoms with Crippen molar-refractivity contribution >= 4 is 29.4 Å². The third-order valence-corrected chi connectivity index (χ3v) is 4.45. The number of benzene rings is 1. The fourth-order valence-corrected chi connectivity index (χ4v) is 2.83. The zero-order valence-electron chi connectivity index (χ0n) is 14.9. The van der Waals surface area contributed by atoms with E-state index in [1.807, 2.05) is 30.3 Å². The number of hydrogen-bond donors (Lipinski definition) is 2. The van der Waals surface area contributed by atoms with E-state index in [2.05, 4.69) is 16.4 Å². The van der Waals surface area contributed by atoms with Crippen molar-refractivity contribution in [1.82, 2.24) is 4.98 Å². The molecule has 134 valence electrons. The normalized spacial score (nSPS) is 10.8. The number of primary amides is 1. The van der Waals surface area contributed by atoms with E-state index in [0.29, 0.717) is 22.0 Å². The van der Waals surface area contributed by atoms with Crippen molar-refractivity contribution < 1.29 is 9.59 Å². The molecule has 3 N–H and O–H groups in total. The Balaban J connectivity index is 2.56. The van der Waals surface area contributed by atoms with E-state index in [4.69, 9.17) is 5.73 Å². The van der Waals surface area contributed by atoms with E-state index in [1.165, 1.54) is 0 Å². The molecular formula is C19H20N4O2S. The van der Waals surface area contributed by atoms with Crippen molar-refractivity contribution in [2.45, 2.75) is 25.8 Å². The summed E-state index contributed by atoms with van der Waals surface area (Å²) in [5.41, 5.74) is 6.42. The fraction of sp³-hybridized carbons (Fsp3) is 0.263. The van der Waals surface area contributed by atoms with Crippen molar-refractivity contribution in [3.63, 3.8) is 0 Å². The predicted octanol–water partition coefficient (Wildman–Crippen LogP) is 3.18. The summed E-state index contributed by atoms with van der Waals surface area (Å²) in [6, 6.07) is 13.2. The van der Waals surface area contributed by atoms with Gasteiger partial charge in [-0.2, -0.15) is 5.26 Å². The Bertz CT molecular complexity index is 868. The van der Waals surface area contributed by atoms with Crippen LogP contribution in [0.3, 0.4) is 0 Å². The summed E-state index contributed by atoms with van der Waals surface area (Å²) in [5.74, 6) is -0.382. The Morgan fingerprint density at radius 1 is 1.27 bits per heavy atom. The number of anilines is 1. The molecule has 0 fully saturated rings. The van der Waals surface area contributed by atoms with E-state index < -0.39 is 11.3 Å². The maximum atomic E-state index is 12.3. The smallest absolute Gasteiger partial charge is 0.230 e. The van der Waals surface area contributed by atoms with E-state index >= 15 is 0 Å². The van der Waals surface area contributed by atoms with Crippen molar-refractivity contribution in [2.75, 3.05) is 11.1 Å². The van der Waals surface area contributed by atoms with Gasteiger partial charge in [0.2, 0.25) is 11.8 Å². The average Bonchev–Trinajstić information content (AvgIpc) is 2.59. The number of pyridine rings is 1. The molecule has 0 unspecified atom stereocenters. The van der Waals surface area contributed by atoms with Gasteiger partial charge in [0.05, 0.1) is 11.3 Å². The van der Waals surface area contributed by atoms with Gasteiger partial charge in [0, 0.05) is 11.0 Å². The summed E-state index contributed by atoms with van der Waals surface area (Å²) in [5, 5.41) is 12.8. The molecule has 7 heteroatoms. The number of nitriles is 1. The Morgan fingerprint density at radius 2 is 1.92 bits per heavy atom. The van der Waals surface area contributed by atoms with Crippen LogP contribution in [0.15, 0.2) is 41.4 Å². The quantitative estimate of drug-likeness (QED) is 0.788. The fourth-order valence-electron chi connectivity index (χ4n) is 2.09. The average molecular weight is 368 g/mol. The molecule has 2 rings (SSSR count). The van der Waals surface area contributed by atoms with Crippen LogP contribution in [-0.4, -0.2) is 22.6 Å². The monoisotopic (exact) mass is 368 g/mol. The third-order valence-electron chi connectivity index (χ3n) is 3.46. The number of amides is 2. The highest BCUT2D eigenvalue weighted by molar-refractivity contribution is 8.00. The van der Waals surface area contributed by atoms with Crippen LogP contribution >= 0.6 is 11.8 Å². The van der Waals surface area contributed by atoms with E-state index in [1.54, 1.807) is 26.8 Å². The van der Waals surface area contributed by atoms with Gasteiger partial charge >= 0.3 is 0 Å². The van der Waals surface area contributed by atoms with E-state index in [-0.39, 0.29) is 11.7 Å². The van der Waals surface area contributed by atoms with Gasteiger partial charge < -0.3 is 11.1 Å². The van der Waals surface area contributed by atoms with E-state index in [9.17, 15) is 14.9 Å². The Morgan fingerprint density at radius 3 is 2.46 bits per heavy atom. The number of rotatable bonds is 5. The molecule has 6 nitrogen and oxygen atoms in total. The number of carbonyl (C=O) groups is 2. The molecule has 0 saturated carbocycles. The molecule has 2 amide bonds. The summed E-state index contributed by atoms with van der Waals surface area (Å²) in [6.07, 6.45) is 0. The molecule has 0 aliphatic carbocycles. The summed E-state index contributed by atoms with van der Waals surface area (Å²) in [7, 11) is 0. The van der Waals surface area contributed by atoms with Crippen LogP contribution in [0, 0.1) is 16.7 Å². The minimum atomic E-state index is -0.594. The molecule has 0 saturated heterocycles. The second kappa shape index (κ2) is 8.02. The van der Waals surface area contributed by atoms with Gasteiger partial charge in [-0.15, -0.1) is 0 Å². The van der Waals surface area contributed by atoms with Crippen LogP contribution in [0.25, 0.3) is 11.1 Å². The van der Waals surface area contributed by atoms with Gasteiger partial charge in [-0.3, -0.25) is 9.59 Å². The topological polar surface area (TPSA) is 109 Å². The van der Waals surface area contributed by atoms with Crippen LogP contribution < -0.4 is 11.1 Å². The minimum absolute atomic E-state index is 0.00736.